The number of piperidine rings is 1. The number of ether oxygens (including phenoxy) is 1. The van der Waals surface area contributed by atoms with Crippen molar-refractivity contribution in [1.82, 2.24) is 24.6 Å². The van der Waals surface area contributed by atoms with Gasteiger partial charge in [-0.1, -0.05) is 11.6 Å². The molecule has 1 aliphatic heterocycles. The topological polar surface area (TPSA) is 91.9 Å². The fraction of sp³-hybridized carbons (Fsp3) is 0.579. The second-order valence-electron chi connectivity index (χ2n) is 7.77. The molecule has 2 aromatic rings. The van der Waals surface area contributed by atoms with Gasteiger partial charge in [-0.05, 0) is 59.7 Å². The first-order chi connectivity index (χ1) is 13.3. The highest BCUT2D eigenvalue weighted by atomic mass is 35.5. The van der Waals surface area contributed by atoms with E-state index in [9.17, 15) is 5.26 Å². The standard InChI is InChI=1S/C19H26ClN7O/c1-13-16(10-27(25-13)19(2,3)12-21)23-18-22-9-15(20)17(24-18)28-11-14-5-7-26(4)8-6-14/h9-10,14H,5-8,11H2,1-4H3,(H,22,23,24). The van der Waals surface area contributed by atoms with Crippen LogP contribution in [0.25, 0.3) is 0 Å². The van der Waals surface area contributed by atoms with Crippen molar-refractivity contribution in [3.05, 3.63) is 23.1 Å². The number of aryl methyl sites for hydroxylation is 1. The van der Waals surface area contributed by atoms with Gasteiger partial charge in [0, 0.05) is 0 Å². The van der Waals surface area contributed by atoms with Crippen molar-refractivity contribution in [2.24, 2.45) is 5.92 Å². The van der Waals surface area contributed by atoms with Crippen LogP contribution in [0.1, 0.15) is 32.4 Å². The number of halogens is 1. The van der Waals surface area contributed by atoms with E-state index in [1.807, 2.05) is 6.92 Å². The van der Waals surface area contributed by atoms with Crippen molar-refractivity contribution in [2.45, 2.75) is 39.2 Å². The third-order valence-corrected chi connectivity index (χ3v) is 5.26. The van der Waals surface area contributed by atoms with E-state index in [0.29, 0.717) is 29.4 Å². The number of likely N-dealkylation sites (tertiary alicyclic amines) is 1. The summed E-state index contributed by atoms with van der Waals surface area (Å²) in [4.78, 5) is 11.0. The van der Waals surface area contributed by atoms with E-state index in [-0.39, 0.29) is 0 Å². The Labute approximate surface area is 170 Å². The third kappa shape index (κ3) is 4.72. The molecule has 1 fully saturated rings. The minimum atomic E-state index is -0.742. The lowest BCUT2D eigenvalue weighted by Crippen LogP contribution is -2.32. The van der Waals surface area contributed by atoms with E-state index >= 15 is 0 Å². The molecule has 1 saturated heterocycles. The summed E-state index contributed by atoms with van der Waals surface area (Å²) in [5.74, 6) is 1.26. The number of hydrogen-bond acceptors (Lipinski definition) is 7. The predicted molar refractivity (Wildman–Crippen MR) is 108 cm³/mol. The van der Waals surface area contributed by atoms with Gasteiger partial charge in [0.25, 0.3) is 0 Å². The first-order valence-electron chi connectivity index (χ1n) is 9.37. The molecule has 3 rings (SSSR count). The molecule has 0 aromatic carbocycles. The fourth-order valence-corrected chi connectivity index (χ4v) is 3.12. The highest BCUT2D eigenvalue weighted by Crippen LogP contribution is 2.27. The van der Waals surface area contributed by atoms with Gasteiger partial charge in [0.05, 0.1) is 36.5 Å². The maximum Gasteiger partial charge on any atom is 0.237 e. The summed E-state index contributed by atoms with van der Waals surface area (Å²) in [5.41, 5.74) is 0.732. The van der Waals surface area contributed by atoms with Crippen LogP contribution in [0, 0.1) is 24.2 Å². The Morgan fingerprint density at radius 2 is 2.11 bits per heavy atom. The van der Waals surface area contributed by atoms with Gasteiger partial charge in [-0.25, -0.2) is 4.98 Å². The zero-order valence-corrected chi connectivity index (χ0v) is 17.5. The van der Waals surface area contributed by atoms with Crippen LogP contribution >= 0.6 is 11.6 Å². The normalized spacial score (nSPS) is 16.0. The molecule has 0 aliphatic carbocycles. The highest BCUT2D eigenvalue weighted by molar-refractivity contribution is 6.31. The Bertz CT molecular complexity index is 866. The third-order valence-electron chi connectivity index (χ3n) is 5.00. The molecule has 0 atom stereocenters. The van der Waals surface area contributed by atoms with Crippen molar-refractivity contribution in [3.8, 4) is 11.9 Å². The van der Waals surface area contributed by atoms with Gasteiger partial charge in [0.2, 0.25) is 11.8 Å². The molecule has 150 valence electrons. The van der Waals surface area contributed by atoms with Gasteiger partial charge in [0.15, 0.2) is 0 Å². The maximum absolute atomic E-state index is 9.30. The Balaban J connectivity index is 1.69. The van der Waals surface area contributed by atoms with Crippen LogP contribution in [0.4, 0.5) is 11.6 Å². The molecule has 3 heterocycles. The van der Waals surface area contributed by atoms with Gasteiger partial charge in [0.1, 0.15) is 10.6 Å². The molecule has 0 amide bonds. The zero-order chi connectivity index (χ0) is 20.3. The molecular weight excluding hydrogens is 378 g/mol. The molecule has 1 N–H and O–H groups in total. The SMILES string of the molecule is Cc1nn(C(C)(C)C#N)cc1Nc1ncc(Cl)c(OCC2CCN(C)CC2)n1. The molecule has 0 spiro atoms. The second-order valence-corrected chi connectivity index (χ2v) is 8.18. The summed E-state index contributed by atoms with van der Waals surface area (Å²) in [6, 6.07) is 2.23. The lowest BCUT2D eigenvalue weighted by atomic mass is 9.98. The summed E-state index contributed by atoms with van der Waals surface area (Å²) < 4.78 is 7.51. The Kier molecular flexibility index (Phi) is 6.06. The first kappa shape index (κ1) is 20.4. The molecule has 1 aliphatic rings. The van der Waals surface area contributed by atoms with Crippen LogP contribution in [0.3, 0.4) is 0 Å². The van der Waals surface area contributed by atoms with Crippen molar-refractivity contribution in [1.29, 1.82) is 5.26 Å². The molecule has 2 aromatic heterocycles. The number of hydrogen-bond donors (Lipinski definition) is 1. The molecule has 0 radical (unpaired) electrons. The fourth-order valence-electron chi connectivity index (χ4n) is 2.98. The molecule has 9 heteroatoms. The summed E-state index contributed by atoms with van der Waals surface area (Å²) in [5, 5.41) is 17.2. The highest BCUT2D eigenvalue weighted by Gasteiger charge is 2.22. The van der Waals surface area contributed by atoms with Crippen molar-refractivity contribution < 1.29 is 4.74 Å². The minimum Gasteiger partial charge on any atom is -0.476 e. The van der Waals surface area contributed by atoms with E-state index < -0.39 is 5.54 Å². The molecular formula is C19H26ClN7O. The van der Waals surface area contributed by atoms with Crippen LogP contribution in [-0.4, -0.2) is 51.4 Å². The van der Waals surface area contributed by atoms with E-state index in [0.717, 1.165) is 37.3 Å². The van der Waals surface area contributed by atoms with Crippen LogP contribution in [0.15, 0.2) is 12.4 Å². The average molecular weight is 404 g/mol. The summed E-state index contributed by atoms with van der Waals surface area (Å²) >= 11 is 6.22. The number of nitrogens with one attached hydrogen (secondary N) is 1. The number of aromatic nitrogens is 4. The smallest absolute Gasteiger partial charge is 0.237 e. The van der Waals surface area contributed by atoms with Crippen molar-refractivity contribution in [3.63, 3.8) is 0 Å². The predicted octanol–water partition coefficient (Wildman–Crippen LogP) is 3.36. The van der Waals surface area contributed by atoms with E-state index in [4.69, 9.17) is 16.3 Å². The Morgan fingerprint density at radius 3 is 2.79 bits per heavy atom. The molecule has 8 nitrogen and oxygen atoms in total. The number of anilines is 2. The Morgan fingerprint density at radius 1 is 1.39 bits per heavy atom. The molecule has 0 unspecified atom stereocenters. The summed E-state index contributed by atoms with van der Waals surface area (Å²) in [7, 11) is 2.14. The van der Waals surface area contributed by atoms with Crippen LogP contribution in [-0.2, 0) is 5.54 Å². The van der Waals surface area contributed by atoms with Crippen LogP contribution < -0.4 is 10.1 Å². The van der Waals surface area contributed by atoms with E-state index in [1.165, 1.54) is 6.20 Å². The molecule has 28 heavy (non-hydrogen) atoms. The second kappa shape index (κ2) is 8.33. The number of nitriles is 1. The summed E-state index contributed by atoms with van der Waals surface area (Å²) in [6.07, 6.45) is 5.52. The lowest BCUT2D eigenvalue weighted by Gasteiger charge is -2.28. The lowest BCUT2D eigenvalue weighted by molar-refractivity contribution is 0.157. The first-order valence-corrected chi connectivity index (χ1v) is 9.75. The number of rotatable bonds is 6. The molecule has 0 bridgehead atoms. The van der Waals surface area contributed by atoms with Gasteiger partial charge in [-0.3, -0.25) is 4.68 Å². The van der Waals surface area contributed by atoms with Crippen molar-refractivity contribution >= 4 is 23.2 Å². The minimum absolute atomic E-state index is 0.375. The Hall–Kier alpha value is -2.37. The van der Waals surface area contributed by atoms with Gasteiger partial charge in [-0.15, -0.1) is 0 Å². The van der Waals surface area contributed by atoms with Gasteiger partial charge >= 0.3 is 0 Å². The average Bonchev–Trinajstić information content (AvgIpc) is 3.05. The largest absolute Gasteiger partial charge is 0.476 e. The monoisotopic (exact) mass is 403 g/mol. The number of nitrogens with zero attached hydrogens (tertiary/aromatic N) is 6. The van der Waals surface area contributed by atoms with Crippen molar-refractivity contribution in [2.75, 3.05) is 32.1 Å². The zero-order valence-electron chi connectivity index (χ0n) is 16.7. The van der Waals surface area contributed by atoms with Gasteiger partial charge < -0.3 is 15.0 Å². The van der Waals surface area contributed by atoms with Gasteiger partial charge in [-0.2, -0.15) is 15.3 Å². The van der Waals surface area contributed by atoms with Crippen LogP contribution in [0.5, 0.6) is 5.88 Å². The van der Waals surface area contributed by atoms with E-state index in [2.05, 4.69) is 38.4 Å². The maximum atomic E-state index is 9.30. The quantitative estimate of drug-likeness (QED) is 0.790. The summed E-state index contributed by atoms with van der Waals surface area (Å²) in [6.45, 7) is 8.23. The van der Waals surface area contributed by atoms with Crippen LogP contribution in [0.2, 0.25) is 5.02 Å². The van der Waals surface area contributed by atoms with E-state index in [1.54, 1.807) is 24.7 Å². The molecule has 0 saturated carbocycles.